The van der Waals surface area contributed by atoms with E-state index in [0.717, 1.165) is 35.4 Å². The van der Waals surface area contributed by atoms with E-state index < -0.39 is 27.8 Å². The number of hydrogen-bond acceptors (Lipinski definition) is 3. The van der Waals surface area contributed by atoms with Crippen molar-refractivity contribution in [3.8, 4) is 5.75 Å². The molecule has 0 aliphatic heterocycles. The molecule has 0 amide bonds. The zero-order chi connectivity index (χ0) is 19.5. The number of nitrogens with one attached hydrogen (secondary N) is 1. The number of halogens is 3. The highest BCUT2D eigenvalue weighted by atomic mass is 32.2. The molecule has 0 radical (unpaired) electrons. The van der Waals surface area contributed by atoms with E-state index >= 15 is 0 Å². The molecule has 0 aliphatic carbocycles. The number of ether oxygens (including phenoxy) is 1. The molecule has 0 saturated heterocycles. The lowest BCUT2D eigenvalue weighted by molar-refractivity contribution is -0.137. The first-order valence-electron chi connectivity index (χ1n) is 7.89. The molecular formula is C18H20F3NO3S. The van der Waals surface area contributed by atoms with Crippen molar-refractivity contribution in [3.05, 3.63) is 59.2 Å². The molecule has 1 atom stereocenters. The first-order valence-corrected chi connectivity index (χ1v) is 9.37. The van der Waals surface area contributed by atoms with Crippen LogP contribution in [-0.4, -0.2) is 21.1 Å². The van der Waals surface area contributed by atoms with Crippen molar-refractivity contribution in [2.24, 2.45) is 0 Å². The van der Waals surface area contributed by atoms with E-state index in [-0.39, 0.29) is 11.5 Å². The second-order valence-corrected chi connectivity index (χ2v) is 7.79. The second kappa shape index (κ2) is 7.67. The van der Waals surface area contributed by atoms with Crippen LogP contribution >= 0.6 is 0 Å². The minimum absolute atomic E-state index is 0.0888. The zero-order valence-electron chi connectivity index (χ0n) is 14.6. The van der Waals surface area contributed by atoms with Gasteiger partial charge in [0, 0.05) is 0 Å². The van der Waals surface area contributed by atoms with Gasteiger partial charge in [-0.05, 0) is 56.2 Å². The minimum Gasteiger partial charge on any atom is -0.491 e. The van der Waals surface area contributed by atoms with Crippen molar-refractivity contribution in [1.82, 2.24) is 4.72 Å². The highest BCUT2D eigenvalue weighted by Crippen LogP contribution is 2.29. The van der Waals surface area contributed by atoms with Crippen LogP contribution in [0.2, 0.25) is 0 Å². The smallest absolute Gasteiger partial charge is 0.416 e. The molecule has 2 aromatic carbocycles. The third-order valence-corrected chi connectivity index (χ3v) is 5.34. The summed E-state index contributed by atoms with van der Waals surface area (Å²) >= 11 is 0. The molecule has 0 heterocycles. The van der Waals surface area contributed by atoms with Gasteiger partial charge >= 0.3 is 6.18 Å². The summed E-state index contributed by atoms with van der Waals surface area (Å²) < 4.78 is 70.4. The molecule has 0 spiro atoms. The molecule has 1 unspecified atom stereocenters. The van der Waals surface area contributed by atoms with Crippen molar-refractivity contribution >= 4 is 10.0 Å². The van der Waals surface area contributed by atoms with E-state index in [1.165, 1.54) is 0 Å². The third-order valence-electron chi connectivity index (χ3n) is 3.73. The average molecular weight is 387 g/mol. The van der Waals surface area contributed by atoms with Crippen molar-refractivity contribution in [3.63, 3.8) is 0 Å². The van der Waals surface area contributed by atoms with E-state index in [9.17, 15) is 21.6 Å². The highest BCUT2D eigenvalue weighted by molar-refractivity contribution is 7.89. The lowest BCUT2D eigenvalue weighted by Crippen LogP contribution is -2.36. The fraction of sp³-hybridized carbons (Fsp3) is 0.333. The van der Waals surface area contributed by atoms with Crippen LogP contribution in [-0.2, 0) is 16.2 Å². The molecule has 0 saturated carbocycles. The Kier molecular flexibility index (Phi) is 5.98. The van der Waals surface area contributed by atoms with Crippen LogP contribution in [0.1, 0.15) is 23.6 Å². The van der Waals surface area contributed by atoms with Crippen LogP contribution < -0.4 is 9.46 Å². The summed E-state index contributed by atoms with van der Waals surface area (Å²) in [6.45, 7) is 5.49. The van der Waals surface area contributed by atoms with Crippen LogP contribution in [0.5, 0.6) is 5.75 Å². The molecule has 8 heteroatoms. The summed E-state index contributed by atoms with van der Waals surface area (Å²) in [5, 5.41) is 0. The van der Waals surface area contributed by atoms with Gasteiger partial charge < -0.3 is 4.74 Å². The Morgan fingerprint density at radius 2 is 1.58 bits per heavy atom. The van der Waals surface area contributed by atoms with E-state index in [1.807, 2.05) is 32.0 Å². The Balaban J connectivity index is 2.04. The van der Waals surface area contributed by atoms with Crippen LogP contribution in [0.25, 0.3) is 0 Å². The fourth-order valence-electron chi connectivity index (χ4n) is 2.43. The molecular weight excluding hydrogens is 367 g/mol. The maximum Gasteiger partial charge on any atom is 0.416 e. The Hall–Kier alpha value is -2.06. The normalized spacial score (nSPS) is 13.5. The van der Waals surface area contributed by atoms with Crippen LogP contribution in [0, 0.1) is 13.8 Å². The summed E-state index contributed by atoms with van der Waals surface area (Å²) in [4.78, 5) is -0.232. The van der Waals surface area contributed by atoms with Gasteiger partial charge in [-0.2, -0.15) is 13.2 Å². The summed E-state index contributed by atoms with van der Waals surface area (Å²) in [5.74, 6) is 0.688. The maximum absolute atomic E-state index is 12.6. The van der Waals surface area contributed by atoms with Crippen LogP contribution in [0.3, 0.4) is 0 Å². The van der Waals surface area contributed by atoms with Crippen molar-refractivity contribution in [2.75, 3.05) is 6.61 Å². The number of benzene rings is 2. The van der Waals surface area contributed by atoms with Gasteiger partial charge in [-0.3, -0.25) is 0 Å². The Labute approximate surface area is 151 Å². The topological polar surface area (TPSA) is 55.4 Å². The number of para-hydroxylation sites is 1. The van der Waals surface area contributed by atoms with Crippen molar-refractivity contribution in [2.45, 2.75) is 37.9 Å². The number of rotatable bonds is 6. The van der Waals surface area contributed by atoms with E-state index in [1.54, 1.807) is 6.92 Å². The molecule has 2 rings (SSSR count). The predicted octanol–water partition coefficient (Wildman–Crippen LogP) is 4.07. The SMILES string of the molecule is Cc1cccc(C)c1OCC(C)NS(=O)(=O)c1ccc(C(F)(F)F)cc1. The Morgan fingerprint density at radius 1 is 1.04 bits per heavy atom. The number of sulfonamides is 1. The van der Waals surface area contributed by atoms with E-state index in [4.69, 9.17) is 4.74 Å². The molecule has 142 valence electrons. The van der Waals surface area contributed by atoms with Gasteiger partial charge in [0.25, 0.3) is 0 Å². The quantitative estimate of drug-likeness (QED) is 0.813. The number of aryl methyl sites for hydroxylation is 2. The monoisotopic (exact) mass is 387 g/mol. The van der Waals surface area contributed by atoms with Gasteiger partial charge in [-0.25, -0.2) is 13.1 Å². The highest BCUT2D eigenvalue weighted by Gasteiger charge is 2.30. The molecule has 0 aromatic heterocycles. The largest absolute Gasteiger partial charge is 0.491 e. The summed E-state index contributed by atoms with van der Waals surface area (Å²) in [6.07, 6.45) is -4.51. The Morgan fingerprint density at radius 3 is 2.08 bits per heavy atom. The lowest BCUT2D eigenvalue weighted by Gasteiger charge is -2.18. The zero-order valence-corrected chi connectivity index (χ0v) is 15.4. The van der Waals surface area contributed by atoms with E-state index in [2.05, 4.69) is 4.72 Å². The van der Waals surface area contributed by atoms with Crippen LogP contribution in [0.15, 0.2) is 47.4 Å². The van der Waals surface area contributed by atoms with Crippen molar-refractivity contribution < 1.29 is 26.3 Å². The molecule has 26 heavy (non-hydrogen) atoms. The number of hydrogen-bond donors (Lipinski definition) is 1. The molecule has 2 aromatic rings. The Bertz CT molecular complexity index is 842. The number of alkyl halides is 3. The predicted molar refractivity (Wildman–Crippen MR) is 92.6 cm³/mol. The maximum atomic E-state index is 12.6. The summed E-state index contributed by atoms with van der Waals surface area (Å²) in [5.41, 5.74) is 0.966. The first kappa shape index (κ1) is 20.3. The van der Waals surface area contributed by atoms with Gasteiger partial charge in [0.2, 0.25) is 10.0 Å². The van der Waals surface area contributed by atoms with Gasteiger partial charge in [-0.15, -0.1) is 0 Å². The fourth-order valence-corrected chi connectivity index (χ4v) is 3.65. The van der Waals surface area contributed by atoms with Gasteiger partial charge in [0.05, 0.1) is 16.5 Å². The molecule has 4 nitrogen and oxygen atoms in total. The molecule has 0 fully saturated rings. The van der Waals surface area contributed by atoms with Crippen molar-refractivity contribution in [1.29, 1.82) is 0 Å². The first-order chi connectivity index (χ1) is 12.0. The molecule has 1 N–H and O–H groups in total. The lowest BCUT2D eigenvalue weighted by atomic mass is 10.1. The minimum atomic E-state index is -4.51. The van der Waals surface area contributed by atoms with Gasteiger partial charge in [0.15, 0.2) is 0 Å². The molecule has 0 bridgehead atoms. The third kappa shape index (κ3) is 4.98. The standard InChI is InChI=1S/C18H20F3NO3S/c1-12-5-4-6-13(2)17(12)25-11-14(3)22-26(23,24)16-9-7-15(8-10-16)18(19,20)21/h4-10,14,22H,11H2,1-3H3. The summed E-state index contributed by atoms with van der Waals surface area (Å²) in [7, 11) is -3.94. The van der Waals surface area contributed by atoms with E-state index in [0.29, 0.717) is 5.75 Å². The second-order valence-electron chi connectivity index (χ2n) is 6.08. The summed E-state index contributed by atoms with van der Waals surface area (Å²) in [6, 6.07) is 8.46. The van der Waals surface area contributed by atoms with Gasteiger partial charge in [0.1, 0.15) is 12.4 Å². The van der Waals surface area contributed by atoms with Crippen LogP contribution in [0.4, 0.5) is 13.2 Å². The molecule has 0 aliphatic rings. The van der Waals surface area contributed by atoms with Gasteiger partial charge in [-0.1, -0.05) is 18.2 Å². The average Bonchev–Trinajstić information content (AvgIpc) is 2.53.